The van der Waals surface area contributed by atoms with Crippen LogP contribution in [-0.2, 0) is 35.5 Å². The molecule has 1 atom stereocenters. The third kappa shape index (κ3) is 4.02. The highest BCUT2D eigenvalue weighted by Gasteiger charge is 2.33. The predicted molar refractivity (Wildman–Crippen MR) is 97.7 cm³/mol. The van der Waals surface area contributed by atoms with Gasteiger partial charge in [0.05, 0.1) is 18.4 Å². The number of pyridine rings is 1. The standard InChI is InChI=1S/C17H22N4O5S/c1-19-11-15(16(22)20(2)17(19)23)27(24,25)21-9-5-7-14(10-21)26-12-13-6-3-4-8-18-13/h3-4,6,8,11,14H,5,7,9-10,12H2,1-2H3. The minimum absolute atomic E-state index is 0.154. The molecule has 27 heavy (non-hydrogen) atoms. The van der Waals surface area contributed by atoms with E-state index in [1.807, 2.05) is 18.2 Å². The molecule has 1 saturated heterocycles. The van der Waals surface area contributed by atoms with Gasteiger partial charge in [-0.05, 0) is 25.0 Å². The average molecular weight is 394 g/mol. The number of nitrogens with zero attached hydrogens (tertiary/aromatic N) is 4. The lowest BCUT2D eigenvalue weighted by Crippen LogP contribution is -2.47. The Morgan fingerprint density at radius 2 is 2.04 bits per heavy atom. The van der Waals surface area contributed by atoms with Gasteiger partial charge in [0.2, 0.25) is 10.0 Å². The van der Waals surface area contributed by atoms with E-state index < -0.39 is 26.2 Å². The Morgan fingerprint density at radius 1 is 1.26 bits per heavy atom. The smallest absolute Gasteiger partial charge is 0.330 e. The molecule has 0 aliphatic carbocycles. The van der Waals surface area contributed by atoms with Crippen molar-refractivity contribution in [3.8, 4) is 0 Å². The summed E-state index contributed by atoms with van der Waals surface area (Å²) in [5.41, 5.74) is -0.631. The van der Waals surface area contributed by atoms with Crippen molar-refractivity contribution in [3.63, 3.8) is 0 Å². The zero-order chi connectivity index (χ0) is 19.6. The van der Waals surface area contributed by atoms with Crippen molar-refractivity contribution in [1.82, 2.24) is 18.4 Å². The second-order valence-electron chi connectivity index (χ2n) is 6.51. The molecule has 1 fully saturated rings. The summed E-state index contributed by atoms with van der Waals surface area (Å²) in [5.74, 6) is 0. The molecule has 2 aromatic rings. The number of aryl methyl sites for hydroxylation is 1. The van der Waals surface area contributed by atoms with Crippen LogP contribution >= 0.6 is 0 Å². The van der Waals surface area contributed by atoms with Crippen molar-refractivity contribution < 1.29 is 13.2 Å². The van der Waals surface area contributed by atoms with Gasteiger partial charge in [-0.3, -0.25) is 14.3 Å². The van der Waals surface area contributed by atoms with Gasteiger partial charge in [-0.1, -0.05) is 6.07 Å². The molecule has 0 bridgehead atoms. The maximum absolute atomic E-state index is 13.0. The topological polar surface area (TPSA) is 104 Å². The Hall–Kier alpha value is -2.30. The number of aromatic nitrogens is 3. The zero-order valence-electron chi connectivity index (χ0n) is 15.2. The van der Waals surface area contributed by atoms with E-state index in [2.05, 4.69) is 4.98 Å². The second-order valence-corrected chi connectivity index (χ2v) is 8.42. The van der Waals surface area contributed by atoms with Crippen LogP contribution in [0.25, 0.3) is 0 Å². The molecular formula is C17H22N4O5S. The zero-order valence-corrected chi connectivity index (χ0v) is 16.1. The van der Waals surface area contributed by atoms with E-state index in [-0.39, 0.29) is 12.6 Å². The van der Waals surface area contributed by atoms with Crippen LogP contribution in [0.2, 0.25) is 0 Å². The van der Waals surface area contributed by atoms with Crippen LogP contribution in [0.15, 0.2) is 45.1 Å². The van der Waals surface area contributed by atoms with E-state index in [4.69, 9.17) is 4.74 Å². The van der Waals surface area contributed by atoms with E-state index in [0.29, 0.717) is 19.6 Å². The summed E-state index contributed by atoms with van der Waals surface area (Å²) in [4.78, 5) is 27.9. The first-order chi connectivity index (χ1) is 12.8. The SMILES string of the molecule is Cn1cc(S(=O)(=O)N2CCCC(OCc3ccccn3)C2)c(=O)n(C)c1=O. The summed E-state index contributed by atoms with van der Waals surface area (Å²) in [7, 11) is -1.35. The minimum atomic E-state index is -4.03. The second kappa shape index (κ2) is 7.75. The van der Waals surface area contributed by atoms with Crippen molar-refractivity contribution in [2.75, 3.05) is 13.1 Å². The maximum Gasteiger partial charge on any atom is 0.330 e. The highest BCUT2D eigenvalue weighted by Crippen LogP contribution is 2.20. The van der Waals surface area contributed by atoms with Crippen LogP contribution < -0.4 is 11.2 Å². The van der Waals surface area contributed by atoms with Gasteiger partial charge < -0.3 is 9.30 Å². The van der Waals surface area contributed by atoms with Crippen molar-refractivity contribution in [3.05, 3.63) is 57.1 Å². The average Bonchev–Trinajstić information content (AvgIpc) is 2.68. The Labute approximate surface area is 156 Å². The Kier molecular flexibility index (Phi) is 5.59. The van der Waals surface area contributed by atoms with Crippen LogP contribution in [-0.4, -0.2) is 46.0 Å². The van der Waals surface area contributed by atoms with Gasteiger partial charge in [0, 0.05) is 39.6 Å². The monoisotopic (exact) mass is 394 g/mol. The molecule has 3 rings (SSSR count). The predicted octanol–water partition coefficient (Wildman–Crippen LogP) is -0.151. The number of ether oxygens (including phenoxy) is 1. The van der Waals surface area contributed by atoms with Crippen LogP contribution in [0.1, 0.15) is 18.5 Å². The van der Waals surface area contributed by atoms with Crippen LogP contribution in [0.4, 0.5) is 0 Å². The molecule has 146 valence electrons. The van der Waals surface area contributed by atoms with Gasteiger partial charge in [0.25, 0.3) is 5.56 Å². The van der Waals surface area contributed by atoms with Crippen molar-refractivity contribution >= 4 is 10.0 Å². The molecule has 9 nitrogen and oxygen atoms in total. The molecular weight excluding hydrogens is 372 g/mol. The molecule has 0 aromatic carbocycles. The molecule has 0 radical (unpaired) electrons. The lowest BCUT2D eigenvalue weighted by atomic mass is 10.1. The van der Waals surface area contributed by atoms with Gasteiger partial charge in [-0.2, -0.15) is 4.31 Å². The molecule has 1 aliphatic rings. The molecule has 2 aromatic heterocycles. The fourth-order valence-corrected chi connectivity index (χ4v) is 4.70. The maximum atomic E-state index is 13.0. The van der Waals surface area contributed by atoms with Crippen LogP contribution in [0.3, 0.4) is 0 Å². The normalized spacial score (nSPS) is 18.5. The first-order valence-corrected chi connectivity index (χ1v) is 10.0. The van der Waals surface area contributed by atoms with E-state index in [1.54, 1.807) is 6.20 Å². The quantitative estimate of drug-likeness (QED) is 0.699. The van der Waals surface area contributed by atoms with E-state index in [1.165, 1.54) is 18.4 Å². The van der Waals surface area contributed by atoms with E-state index in [9.17, 15) is 18.0 Å². The first kappa shape index (κ1) is 19.5. The fraction of sp³-hybridized carbons (Fsp3) is 0.471. The third-order valence-corrected chi connectivity index (χ3v) is 6.41. The minimum Gasteiger partial charge on any atom is -0.371 e. The Bertz CT molecular complexity index is 1030. The van der Waals surface area contributed by atoms with Gasteiger partial charge in [0.15, 0.2) is 4.90 Å². The van der Waals surface area contributed by atoms with Crippen LogP contribution in [0, 0.1) is 0 Å². The van der Waals surface area contributed by atoms with Gasteiger partial charge in [0.1, 0.15) is 0 Å². The molecule has 1 unspecified atom stereocenters. The van der Waals surface area contributed by atoms with E-state index >= 15 is 0 Å². The first-order valence-electron chi connectivity index (χ1n) is 8.59. The Balaban J connectivity index is 1.79. The van der Waals surface area contributed by atoms with Crippen molar-refractivity contribution in [1.29, 1.82) is 0 Å². The molecule has 10 heteroatoms. The number of piperidine rings is 1. The largest absolute Gasteiger partial charge is 0.371 e. The van der Waals surface area contributed by atoms with Crippen molar-refractivity contribution in [2.45, 2.75) is 30.4 Å². The van der Waals surface area contributed by atoms with E-state index in [0.717, 1.165) is 27.4 Å². The summed E-state index contributed by atoms with van der Waals surface area (Å²) < 4.78 is 34.9. The number of hydrogen-bond acceptors (Lipinski definition) is 6. The summed E-state index contributed by atoms with van der Waals surface area (Å²) in [6, 6.07) is 5.51. The molecule has 0 spiro atoms. The number of hydrogen-bond donors (Lipinski definition) is 0. The summed E-state index contributed by atoms with van der Waals surface area (Å²) >= 11 is 0. The third-order valence-electron chi connectivity index (χ3n) is 4.57. The number of rotatable bonds is 5. The molecule has 0 amide bonds. The lowest BCUT2D eigenvalue weighted by molar-refractivity contribution is 0.00663. The molecule has 3 heterocycles. The fourth-order valence-electron chi connectivity index (χ4n) is 3.04. The highest BCUT2D eigenvalue weighted by molar-refractivity contribution is 7.89. The Morgan fingerprint density at radius 3 is 2.74 bits per heavy atom. The lowest BCUT2D eigenvalue weighted by Gasteiger charge is -2.31. The van der Waals surface area contributed by atoms with Gasteiger partial charge >= 0.3 is 5.69 Å². The van der Waals surface area contributed by atoms with Crippen LogP contribution in [0.5, 0.6) is 0 Å². The summed E-state index contributed by atoms with van der Waals surface area (Å²) in [6.45, 7) is 0.750. The highest BCUT2D eigenvalue weighted by atomic mass is 32.2. The summed E-state index contributed by atoms with van der Waals surface area (Å²) in [6.07, 6.45) is 3.82. The van der Waals surface area contributed by atoms with Gasteiger partial charge in [-0.25, -0.2) is 13.2 Å². The molecule has 0 N–H and O–H groups in total. The summed E-state index contributed by atoms with van der Waals surface area (Å²) in [5, 5.41) is 0. The number of sulfonamides is 1. The van der Waals surface area contributed by atoms with Gasteiger partial charge in [-0.15, -0.1) is 0 Å². The molecule has 0 saturated carbocycles. The van der Waals surface area contributed by atoms with Crippen molar-refractivity contribution in [2.24, 2.45) is 14.1 Å². The molecule has 1 aliphatic heterocycles.